The Balaban J connectivity index is 2.12. The largest absolute Gasteiger partial charge is 0.487 e. The van der Waals surface area contributed by atoms with Gasteiger partial charge in [0.15, 0.2) is 0 Å². The predicted octanol–water partition coefficient (Wildman–Crippen LogP) is 3.91. The van der Waals surface area contributed by atoms with E-state index in [1.54, 1.807) is 12.4 Å². The number of halogens is 2. The Kier molecular flexibility index (Phi) is 5.36. The summed E-state index contributed by atoms with van der Waals surface area (Å²) >= 11 is 7.09. The van der Waals surface area contributed by atoms with Crippen LogP contribution in [0.4, 0.5) is 0 Å². The summed E-state index contributed by atoms with van der Waals surface area (Å²) in [6, 6.07) is 8.00. The van der Waals surface area contributed by atoms with Crippen LogP contribution in [0.2, 0.25) is 0 Å². The zero-order valence-corrected chi connectivity index (χ0v) is 13.7. The van der Waals surface area contributed by atoms with E-state index in [0.29, 0.717) is 6.61 Å². The van der Waals surface area contributed by atoms with Crippen LogP contribution in [-0.4, -0.2) is 12.0 Å². The maximum Gasteiger partial charge on any atom is 0.148 e. The van der Waals surface area contributed by atoms with Gasteiger partial charge in [0.25, 0.3) is 0 Å². The SMILES string of the molecule is CNCc1cc(Br)c(OCc2ccncc2)c(Br)c1. The molecule has 100 valence electrons. The Morgan fingerprint density at radius 3 is 2.32 bits per heavy atom. The minimum Gasteiger partial charge on any atom is -0.487 e. The third-order valence-corrected chi connectivity index (χ3v) is 3.75. The number of aromatic nitrogens is 1. The average Bonchev–Trinajstić information content (AvgIpc) is 2.39. The van der Waals surface area contributed by atoms with Crippen LogP contribution in [0.25, 0.3) is 0 Å². The Bertz CT molecular complexity index is 523. The van der Waals surface area contributed by atoms with E-state index in [-0.39, 0.29) is 0 Å². The van der Waals surface area contributed by atoms with Crippen molar-refractivity contribution in [2.45, 2.75) is 13.2 Å². The van der Waals surface area contributed by atoms with Crippen molar-refractivity contribution in [3.63, 3.8) is 0 Å². The fourth-order valence-electron chi connectivity index (χ4n) is 1.69. The monoisotopic (exact) mass is 384 g/mol. The van der Waals surface area contributed by atoms with Crippen LogP contribution in [0.3, 0.4) is 0 Å². The topological polar surface area (TPSA) is 34.1 Å². The molecule has 0 spiro atoms. The van der Waals surface area contributed by atoms with Crippen molar-refractivity contribution in [1.82, 2.24) is 10.3 Å². The molecule has 1 aromatic heterocycles. The first-order valence-electron chi connectivity index (χ1n) is 5.85. The first-order chi connectivity index (χ1) is 9.20. The number of benzene rings is 1. The smallest absolute Gasteiger partial charge is 0.148 e. The van der Waals surface area contributed by atoms with Gasteiger partial charge in [-0.05, 0) is 74.3 Å². The third-order valence-electron chi connectivity index (χ3n) is 2.57. The highest BCUT2D eigenvalue weighted by Gasteiger charge is 2.09. The predicted molar refractivity (Wildman–Crippen MR) is 83.2 cm³/mol. The van der Waals surface area contributed by atoms with Crippen molar-refractivity contribution in [3.8, 4) is 5.75 Å². The molecule has 0 atom stereocenters. The first-order valence-corrected chi connectivity index (χ1v) is 7.43. The van der Waals surface area contributed by atoms with Crippen LogP contribution in [0.15, 0.2) is 45.6 Å². The lowest BCUT2D eigenvalue weighted by Crippen LogP contribution is -2.05. The highest BCUT2D eigenvalue weighted by Crippen LogP contribution is 2.35. The van der Waals surface area contributed by atoms with E-state index < -0.39 is 0 Å². The number of hydrogen-bond donors (Lipinski definition) is 1. The standard InChI is InChI=1S/C14H14Br2N2O/c1-17-8-11-6-12(15)14(13(16)7-11)19-9-10-2-4-18-5-3-10/h2-7,17H,8-9H2,1H3. The van der Waals surface area contributed by atoms with E-state index >= 15 is 0 Å². The number of pyridine rings is 1. The lowest BCUT2D eigenvalue weighted by atomic mass is 10.2. The normalized spacial score (nSPS) is 10.5. The second-order valence-electron chi connectivity index (χ2n) is 4.06. The van der Waals surface area contributed by atoms with E-state index in [4.69, 9.17) is 4.74 Å². The molecule has 1 heterocycles. The van der Waals surface area contributed by atoms with Gasteiger partial charge in [-0.25, -0.2) is 0 Å². The van der Waals surface area contributed by atoms with Gasteiger partial charge in [0, 0.05) is 18.9 Å². The molecule has 19 heavy (non-hydrogen) atoms. The van der Waals surface area contributed by atoms with Crippen LogP contribution in [0, 0.1) is 0 Å². The Morgan fingerprint density at radius 1 is 1.11 bits per heavy atom. The zero-order valence-electron chi connectivity index (χ0n) is 10.5. The molecule has 0 saturated heterocycles. The van der Waals surface area contributed by atoms with Crippen molar-refractivity contribution in [1.29, 1.82) is 0 Å². The Morgan fingerprint density at radius 2 is 1.74 bits per heavy atom. The van der Waals surface area contributed by atoms with Crippen LogP contribution >= 0.6 is 31.9 Å². The van der Waals surface area contributed by atoms with E-state index in [9.17, 15) is 0 Å². The molecule has 0 aliphatic rings. The van der Waals surface area contributed by atoms with Crippen molar-refractivity contribution in [2.24, 2.45) is 0 Å². The van der Waals surface area contributed by atoms with Crippen molar-refractivity contribution in [3.05, 3.63) is 56.7 Å². The molecule has 5 heteroatoms. The van der Waals surface area contributed by atoms with Gasteiger partial charge in [-0.3, -0.25) is 4.98 Å². The summed E-state index contributed by atoms with van der Waals surface area (Å²) in [5.74, 6) is 0.816. The number of hydrogen-bond acceptors (Lipinski definition) is 3. The molecule has 0 aliphatic carbocycles. The van der Waals surface area contributed by atoms with Crippen LogP contribution in [-0.2, 0) is 13.2 Å². The quantitative estimate of drug-likeness (QED) is 0.847. The van der Waals surface area contributed by atoms with Gasteiger partial charge >= 0.3 is 0 Å². The number of rotatable bonds is 5. The second-order valence-corrected chi connectivity index (χ2v) is 5.77. The van der Waals surface area contributed by atoms with Gasteiger partial charge in [0.1, 0.15) is 12.4 Å². The third kappa shape index (κ3) is 4.03. The molecule has 1 N–H and O–H groups in total. The Labute approximate surface area is 129 Å². The summed E-state index contributed by atoms with van der Waals surface area (Å²) < 4.78 is 7.74. The first kappa shape index (κ1) is 14.5. The van der Waals surface area contributed by atoms with Crippen LogP contribution in [0.5, 0.6) is 5.75 Å². The average molecular weight is 386 g/mol. The minimum atomic E-state index is 0.519. The fourth-order valence-corrected chi connectivity index (χ4v) is 3.20. The molecule has 0 radical (unpaired) electrons. The maximum atomic E-state index is 5.84. The maximum absolute atomic E-state index is 5.84. The zero-order chi connectivity index (χ0) is 13.7. The van der Waals surface area contributed by atoms with E-state index in [0.717, 1.165) is 26.8 Å². The molecule has 3 nitrogen and oxygen atoms in total. The van der Waals surface area contributed by atoms with E-state index in [1.165, 1.54) is 5.56 Å². The Hall–Kier alpha value is -0.910. The highest BCUT2D eigenvalue weighted by atomic mass is 79.9. The molecule has 0 amide bonds. The summed E-state index contributed by atoms with van der Waals surface area (Å²) in [4.78, 5) is 3.99. The van der Waals surface area contributed by atoms with Gasteiger partial charge in [0.05, 0.1) is 8.95 Å². The number of nitrogens with zero attached hydrogens (tertiary/aromatic N) is 1. The molecule has 2 aromatic rings. The second kappa shape index (κ2) is 7.03. The minimum absolute atomic E-state index is 0.519. The fraction of sp³-hybridized carbons (Fsp3) is 0.214. The van der Waals surface area contributed by atoms with Crippen molar-refractivity contribution >= 4 is 31.9 Å². The lowest BCUT2D eigenvalue weighted by molar-refractivity contribution is 0.302. The molecule has 2 rings (SSSR count). The molecule has 0 aliphatic heterocycles. The van der Waals surface area contributed by atoms with Crippen molar-refractivity contribution in [2.75, 3.05) is 7.05 Å². The molecule has 0 unspecified atom stereocenters. The lowest BCUT2D eigenvalue weighted by Gasteiger charge is -2.12. The molecule has 1 aromatic carbocycles. The van der Waals surface area contributed by atoms with Gasteiger partial charge < -0.3 is 10.1 Å². The highest BCUT2D eigenvalue weighted by molar-refractivity contribution is 9.11. The van der Waals surface area contributed by atoms with Gasteiger partial charge in [-0.15, -0.1) is 0 Å². The molecule has 0 bridgehead atoms. The van der Waals surface area contributed by atoms with Gasteiger partial charge in [0.2, 0.25) is 0 Å². The van der Waals surface area contributed by atoms with Crippen LogP contribution < -0.4 is 10.1 Å². The summed E-state index contributed by atoms with van der Waals surface area (Å²) in [7, 11) is 1.93. The van der Waals surface area contributed by atoms with Gasteiger partial charge in [-0.2, -0.15) is 0 Å². The molecule has 0 fully saturated rings. The molecular formula is C14H14Br2N2O. The molecule has 0 saturated carbocycles. The summed E-state index contributed by atoms with van der Waals surface area (Å²) in [6.45, 7) is 1.34. The number of ether oxygens (including phenoxy) is 1. The van der Waals surface area contributed by atoms with E-state index in [2.05, 4.69) is 54.3 Å². The summed E-state index contributed by atoms with van der Waals surface area (Å²) in [5, 5.41) is 3.13. The number of nitrogens with one attached hydrogen (secondary N) is 1. The summed E-state index contributed by atoms with van der Waals surface area (Å²) in [6.07, 6.45) is 3.53. The van der Waals surface area contributed by atoms with Gasteiger partial charge in [-0.1, -0.05) is 0 Å². The summed E-state index contributed by atoms with van der Waals surface area (Å²) in [5.41, 5.74) is 2.28. The van der Waals surface area contributed by atoms with Crippen LogP contribution in [0.1, 0.15) is 11.1 Å². The van der Waals surface area contributed by atoms with E-state index in [1.807, 2.05) is 19.2 Å². The molecular weight excluding hydrogens is 372 g/mol. The van der Waals surface area contributed by atoms with Crippen molar-refractivity contribution < 1.29 is 4.74 Å².